The van der Waals surface area contributed by atoms with Crippen LogP contribution in [0.2, 0.25) is 0 Å². The summed E-state index contributed by atoms with van der Waals surface area (Å²) in [5, 5.41) is 15.4. The number of anilines is 1. The van der Waals surface area contributed by atoms with Crippen LogP contribution in [0, 0.1) is 6.92 Å². The van der Waals surface area contributed by atoms with Crippen molar-refractivity contribution in [1.82, 2.24) is 9.88 Å². The topological polar surface area (TPSA) is 119 Å². The standard InChI is InChI=1S/C26H29N3O6/c1-5-35-22(30)14-20(27-26(33)28-23-24(31)16(2)15-29(3)25(23)32)18-10-8-9-17(13-18)19-11-6-7-12-21(19)34-4/h6-13,15,20,31H,5,14H2,1-4H3,(H2,27,28,33)/t20-/m0/s1. The summed E-state index contributed by atoms with van der Waals surface area (Å²) in [6.45, 7) is 3.52. The minimum Gasteiger partial charge on any atom is -0.505 e. The fourth-order valence-electron chi connectivity index (χ4n) is 3.75. The van der Waals surface area contributed by atoms with E-state index in [1.807, 2.05) is 42.5 Å². The molecule has 0 aliphatic rings. The first-order chi connectivity index (χ1) is 16.7. The number of carbonyl (C=O) groups excluding carboxylic acids is 2. The summed E-state index contributed by atoms with van der Waals surface area (Å²) in [6, 6.07) is 13.4. The van der Waals surface area contributed by atoms with E-state index in [0.717, 1.165) is 11.1 Å². The first-order valence-corrected chi connectivity index (χ1v) is 11.1. The molecule has 9 heteroatoms. The number of aryl methyl sites for hydroxylation is 2. The number of ether oxygens (including phenoxy) is 2. The van der Waals surface area contributed by atoms with Crippen molar-refractivity contribution in [1.29, 1.82) is 0 Å². The number of hydrogen-bond acceptors (Lipinski definition) is 6. The molecule has 0 aliphatic carbocycles. The van der Waals surface area contributed by atoms with E-state index in [0.29, 0.717) is 16.9 Å². The van der Waals surface area contributed by atoms with Gasteiger partial charge in [-0.25, -0.2) is 4.79 Å². The van der Waals surface area contributed by atoms with Gasteiger partial charge in [-0.15, -0.1) is 0 Å². The molecule has 0 spiro atoms. The molecule has 0 radical (unpaired) electrons. The third kappa shape index (κ3) is 6.00. The highest BCUT2D eigenvalue weighted by molar-refractivity contribution is 5.91. The minimum absolute atomic E-state index is 0.131. The SMILES string of the molecule is CCOC(=O)C[C@H](NC(=O)Nc1c(O)c(C)cn(C)c1=O)c1cccc(-c2ccccc2OC)c1. The zero-order chi connectivity index (χ0) is 25.5. The maximum atomic E-state index is 12.9. The van der Waals surface area contributed by atoms with Crippen LogP contribution in [-0.2, 0) is 16.6 Å². The number of nitrogens with one attached hydrogen (secondary N) is 2. The second-order valence-corrected chi connectivity index (χ2v) is 7.94. The summed E-state index contributed by atoms with van der Waals surface area (Å²) in [7, 11) is 3.11. The molecule has 3 aromatic rings. The van der Waals surface area contributed by atoms with Gasteiger partial charge < -0.3 is 29.8 Å². The van der Waals surface area contributed by atoms with Crippen LogP contribution >= 0.6 is 0 Å². The number of methoxy groups -OCH3 is 1. The third-order valence-corrected chi connectivity index (χ3v) is 5.46. The summed E-state index contributed by atoms with van der Waals surface area (Å²) < 4.78 is 11.8. The molecule has 0 unspecified atom stereocenters. The molecule has 3 N–H and O–H groups in total. The molecule has 1 heterocycles. The first kappa shape index (κ1) is 25.4. The number of hydrogen-bond donors (Lipinski definition) is 3. The number of amides is 2. The van der Waals surface area contributed by atoms with E-state index in [2.05, 4.69) is 10.6 Å². The molecule has 0 bridgehead atoms. The lowest BCUT2D eigenvalue weighted by Gasteiger charge is -2.20. The number of nitrogens with zero attached hydrogens (tertiary/aromatic N) is 1. The Labute approximate surface area is 203 Å². The zero-order valence-corrected chi connectivity index (χ0v) is 20.1. The number of para-hydroxylation sites is 1. The van der Waals surface area contributed by atoms with Gasteiger partial charge >= 0.3 is 12.0 Å². The van der Waals surface area contributed by atoms with E-state index in [-0.39, 0.29) is 24.5 Å². The molecule has 3 rings (SSSR count). The van der Waals surface area contributed by atoms with Gasteiger partial charge in [-0.05, 0) is 37.1 Å². The Balaban J connectivity index is 1.93. The highest BCUT2D eigenvalue weighted by atomic mass is 16.5. The van der Waals surface area contributed by atoms with E-state index in [1.165, 1.54) is 17.8 Å². The van der Waals surface area contributed by atoms with E-state index >= 15 is 0 Å². The molecule has 9 nitrogen and oxygen atoms in total. The maximum absolute atomic E-state index is 12.9. The summed E-state index contributed by atoms with van der Waals surface area (Å²) in [4.78, 5) is 37.6. The van der Waals surface area contributed by atoms with Crippen LogP contribution in [0.15, 0.2) is 59.5 Å². The number of aromatic nitrogens is 1. The molecule has 35 heavy (non-hydrogen) atoms. The number of benzene rings is 2. The Morgan fingerprint density at radius 3 is 2.60 bits per heavy atom. The van der Waals surface area contributed by atoms with Crippen LogP contribution in [0.1, 0.15) is 30.5 Å². The average molecular weight is 480 g/mol. The lowest BCUT2D eigenvalue weighted by molar-refractivity contribution is -0.143. The van der Waals surface area contributed by atoms with Crippen LogP contribution in [0.5, 0.6) is 11.5 Å². The molecule has 184 valence electrons. The molecule has 1 atom stereocenters. The monoisotopic (exact) mass is 479 g/mol. The average Bonchev–Trinajstić information content (AvgIpc) is 2.85. The Morgan fingerprint density at radius 1 is 1.14 bits per heavy atom. The lowest BCUT2D eigenvalue weighted by Crippen LogP contribution is -2.36. The van der Waals surface area contributed by atoms with E-state index < -0.39 is 23.6 Å². The number of urea groups is 1. The minimum atomic E-state index is -0.764. The van der Waals surface area contributed by atoms with E-state index in [4.69, 9.17) is 9.47 Å². The third-order valence-electron chi connectivity index (χ3n) is 5.46. The van der Waals surface area contributed by atoms with Crippen molar-refractivity contribution in [2.45, 2.75) is 26.3 Å². The maximum Gasteiger partial charge on any atom is 0.319 e. The van der Waals surface area contributed by atoms with E-state index in [9.17, 15) is 19.5 Å². The number of esters is 1. The van der Waals surface area contributed by atoms with Crippen molar-refractivity contribution >= 4 is 17.7 Å². The first-order valence-electron chi connectivity index (χ1n) is 11.1. The van der Waals surface area contributed by atoms with Crippen molar-refractivity contribution in [2.24, 2.45) is 7.05 Å². The van der Waals surface area contributed by atoms with Crippen LogP contribution < -0.4 is 20.9 Å². The molecular formula is C26H29N3O6. The predicted octanol–water partition coefficient (Wildman–Crippen LogP) is 3.89. The molecule has 0 saturated heterocycles. The molecule has 2 aromatic carbocycles. The number of pyridine rings is 1. The quantitative estimate of drug-likeness (QED) is 0.422. The predicted molar refractivity (Wildman–Crippen MR) is 133 cm³/mol. The Kier molecular flexibility index (Phi) is 8.14. The zero-order valence-electron chi connectivity index (χ0n) is 20.1. The molecular weight excluding hydrogens is 450 g/mol. The van der Waals surface area contributed by atoms with Gasteiger partial charge in [0.2, 0.25) is 0 Å². The fraction of sp³-hybridized carbons (Fsp3) is 0.269. The van der Waals surface area contributed by atoms with Gasteiger partial charge in [-0.2, -0.15) is 0 Å². The fourth-order valence-corrected chi connectivity index (χ4v) is 3.75. The summed E-state index contributed by atoms with van der Waals surface area (Å²) in [5.74, 6) is -0.124. The van der Waals surface area contributed by atoms with Crippen molar-refractivity contribution in [3.63, 3.8) is 0 Å². The van der Waals surface area contributed by atoms with Gasteiger partial charge in [-0.1, -0.05) is 36.4 Å². The Hall–Kier alpha value is -4.27. The van der Waals surface area contributed by atoms with Crippen LogP contribution in [-0.4, -0.2) is 35.4 Å². The Morgan fingerprint density at radius 2 is 1.89 bits per heavy atom. The lowest BCUT2D eigenvalue weighted by atomic mass is 9.97. The van der Waals surface area contributed by atoms with Crippen molar-refractivity contribution in [3.05, 3.63) is 76.2 Å². The molecule has 0 fully saturated rings. The van der Waals surface area contributed by atoms with Gasteiger partial charge in [-0.3, -0.25) is 9.59 Å². The van der Waals surface area contributed by atoms with Crippen molar-refractivity contribution in [3.8, 4) is 22.6 Å². The normalized spacial score (nSPS) is 11.4. The highest BCUT2D eigenvalue weighted by Gasteiger charge is 2.22. The van der Waals surface area contributed by atoms with Gasteiger partial charge in [0.05, 0.1) is 26.2 Å². The second kappa shape index (κ2) is 11.2. The van der Waals surface area contributed by atoms with Crippen molar-refractivity contribution in [2.75, 3.05) is 19.0 Å². The molecule has 0 aliphatic heterocycles. The highest BCUT2D eigenvalue weighted by Crippen LogP contribution is 2.32. The van der Waals surface area contributed by atoms with Gasteiger partial charge in [0.25, 0.3) is 5.56 Å². The van der Waals surface area contributed by atoms with E-state index in [1.54, 1.807) is 27.0 Å². The van der Waals surface area contributed by atoms with Crippen LogP contribution in [0.25, 0.3) is 11.1 Å². The molecule has 0 saturated carbocycles. The number of carbonyl (C=O) groups is 2. The molecule has 2 amide bonds. The van der Waals surface area contributed by atoms with Gasteiger partial charge in [0, 0.05) is 24.4 Å². The van der Waals surface area contributed by atoms with Gasteiger partial charge in [0.1, 0.15) is 11.5 Å². The number of aromatic hydroxyl groups is 1. The van der Waals surface area contributed by atoms with Gasteiger partial charge in [0.15, 0.2) is 5.69 Å². The Bertz CT molecular complexity index is 1280. The van der Waals surface area contributed by atoms with Crippen LogP contribution in [0.4, 0.5) is 10.5 Å². The molecule has 1 aromatic heterocycles. The largest absolute Gasteiger partial charge is 0.505 e. The number of rotatable bonds is 8. The van der Waals surface area contributed by atoms with Crippen LogP contribution in [0.3, 0.4) is 0 Å². The van der Waals surface area contributed by atoms with Crippen molar-refractivity contribution < 1.29 is 24.2 Å². The summed E-state index contributed by atoms with van der Waals surface area (Å²) in [6.07, 6.45) is 1.34. The smallest absolute Gasteiger partial charge is 0.319 e. The summed E-state index contributed by atoms with van der Waals surface area (Å²) >= 11 is 0. The summed E-state index contributed by atoms with van der Waals surface area (Å²) in [5.41, 5.74) is 1.95. The second-order valence-electron chi connectivity index (χ2n) is 7.94.